The number of sulfone groups is 1. The summed E-state index contributed by atoms with van der Waals surface area (Å²) in [6.07, 6.45) is -9.25. The average Bonchev–Trinajstić information content (AvgIpc) is 2.77. The maximum absolute atomic E-state index is 13.1. The summed E-state index contributed by atoms with van der Waals surface area (Å²) >= 11 is 0. The van der Waals surface area contributed by atoms with Crippen molar-refractivity contribution < 1.29 is 39.6 Å². The first-order valence-electron chi connectivity index (χ1n) is 10.2. The molecule has 0 radical (unpaired) electrons. The van der Waals surface area contributed by atoms with Gasteiger partial charge in [-0.2, -0.15) is 26.3 Å². The monoisotopic (exact) mass is 508 g/mol. The molecule has 3 rings (SSSR count). The molecule has 1 fully saturated rings. The first-order valence-corrected chi connectivity index (χ1v) is 11.7. The first-order chi connectivity index (χ1) is 15.5. The van der Waals surface area contributed by atoms with Crippen molar-refractivity contribution in [3.8, 4) is 0 Å². The molecule has 2 aromatic rings. The van der Waals surface area contributed by atoms with E-state index in [1.807, 2.05) is 0 Å². The molecule has 1 aliphatic heterocycles. The molecule has 1 aliphatic rings. The molecule has 0 aliphatic carbocycles. The number of rotatable bonds is 4. The Hall–Kier alpha value is -2.76. The minimum Gasteiger partial charge on any atom is -0.368 e. The van der Waals surface area contributed by atoms with Crippen LogP contribution >= 0.6 is 0 Å². The Bertz CT molecular complexity index is 1170. The van der Waals surface area contributed by atoms with Crippen LogP contribution in [0.4, 0.5) is 32.0 Å². The summed E-state index contributed by atoms with van der Waals surface area (Å²) in [6.45, 7) is 2.65. The second-order valence-corrected chi connectivity index (χ2v) is 10.9. The molecular formula is C22H22F6N2O3S. The summed E-state index contributed by atoms with van der Waals surface area (Å²) in [4.78, 5) is 15.4. The Kier molecular flexibility index (Phi) is 6.68. The molecule has 1 heterocycles. The highest BCUT2D eigenvalue weighted by Gasteiger charge is 2.46. The lowest BCUT2D eigenvalue weighted by Crippen LogP contribution is -2.56. The number of anilines is 1. The van der Waals surface area contributed by atoms with Crippen LogP contribution in [0.1, 0.15) is 25.0 Å². The van der Waals surface area contributed by atoms with Gasteiger partial charge in [0.15, 0.2) is 9.84 Å². The number of hydrogen-bond acceptors (Lipinski definition) is 4. The highest BCUT2D eigenvalue weighted by molar-refractivity contribution is 7.93. The second-order valence-electron chi connectivity index (χ2n) is 8.37. The number of hydrogen-bond donors (Lipinski definition) is 0. The van der Waals surface area contributed by atoms with E-state index in [2.05, 4.69) is 0 Å². The maximum atomic E-state index is 13.1. The Morgan fingerprint density at radius 2 is 1.29 bits per heavy atom. The number of alkyl halides is 6. The largest absolute Gasteiger partial charge is 0.416 e. The van der Waals surface area contributed by atoms with Crippen LogP contribution in [0.3, 0.4) is 0 Å². The van der Waals surface area contributed by atoms with Crippen molar-refractivity contribution >= 4 is 21.4 Å². The zero-order valence-electron chi connectivity index (χ0n) is 18.2. The lowest BCUT2D eigenvalue weighted by atomic mass is 10.1. The van der Waals surface area contributed by atoms with Crippen LogP contribution in [0.15, 0.2) is 53.4 Å². The van der Waals surface area contributed by atoms with Gasteiger partial charge in [0.1, 0.15) is 4.75 Å². The minimum atomic E-state index is -4.75. The summed E-state index contributed by atoms with van der Waals surface area (Å²) in [5.74, 6) is -0.798. The van der Waals surface area contributed by atoms with Crippen LogP contribution in [-0.2, 0) is 27.0 Å². The van der Waals surface area contributed by atoms with Crippen LogP contribution in [0.5, 0.6) is 0 Å². The van der Waals surface area contributed by atoms with Gasteiger partial charge in [-0.05, 0) is 50.2 Å². The van der Waals surface area contributed by atoms with E-state index in [0.717, 1.165) is 44.2 Å². The van der Waals surface area contributed by atoms with Gasteiger partial charge in [-0.1, -0.05) is 12.1 Å². The third-order valence-electron chi connectivity index (χ3n) is 5.76. The number of benzene rings is 2. The lowest BCUT2D eigenvalue weighted by molar-refractivity contribution is -0.138. The van der Waals surface area contributed by atoms with Crippen molar-refractivity contribution in [1.29, 1.82) is 0 Å². The SMILES string of the molecule is CC(C)(C(=O)N1CCN(c2cccc(C(F)(F)F)c2)CC1)S(=O)(=O)c1cccc(C(F)(F)F)c1. The van der Waals surface area contributed by atoms with E-state index in [1.54, 1.807) is 4.90 Å². The van der Waals surface area contributed by atoms with Crippen LogP contribution in [-0.4, -0.2) is 50.2 Å². The normalized spacial score (nSPS) is 16.0. The van der Waals surface area contributed by atoms with E-state index >= 15 is 0 Å². The fourth-order valence-corrected chi connectivity index (χ4v) is 5.16. The molecule has 1 saturated heterocycles. The molecule has 0 spiro atoms. The Morgan fingerprint density at radius 3 is 1.82 bits per heavy atom. The van der Waals surface area contributed by atoms with Gasteiger partial charge >= 0.3 is 12.4 Å². The number of piperazine rings is 1. The number of nitrogens with zero attached hydrogens (tertiary/aromatic N) is 2. The fraction of sp³-hybridized carbons (Fsp3) is 0.409. The zero-order chi connectivity index (χ0) is 25.5. The number of carbonyl (C=O) groups excluding carboxylic acids is 1. The molecule has 0 saturated carbocycles. The van der Waals surface area contributed by atoms with Gasteiger partial charge in [0.05, 0.1) is 16.0 Å². The summed E-state index contributed by atoms with van der Waals surface area (Å²) < 4.78 is 102. The molecule has 34 heavy (non-hydrogen) atoms. The Balaban J connectivity index is 1.77. The number of carbonyl (C=O) groups is 1. The van der Waals surface area contributed by atoms with Gasteiger partial charge in [-0.25, -0.2) is 8.42 Å². The topological polar surface area (TPSA) is 57.7 Å². The van der Waals surface area contributed by atoms with E-state index in [0.29, 0.717) is 11.8 Å². The molecule has 1 amide bonds. The molecule has 2 aromatic carbocycles. The molecule has 5 nitrogen and oxygen atoms in total. The molecule has 186 valence electrons. The Labute approximate surface area is 192 Å². The zero-order valence-corrected chi connectivity index (χ0v) is 19.1. The minimum absolute atomic E-state index is 0.0383. The lowest BCUT2D eigenvalue weighted by Gasteiger charge is -2.39. The molecule has 0 aromatic heterocycles. The van der Waals surface area contributed by atoms with Crippen molar-refractivity contribution in [1.82, 2.24) is 4.90 Å². The highest BCUT2D eigenvalue weighted by atomic mass is 32.2. The summed E-state index contributed by atoms with van der Waals surface area (Å²) in [5, 5.41) is 0. The first kappa shape index (κ1) is 25.9. The summed E-state index contributed by atoms with van der Waals surface area (Å²) in [7, 11) is -4.49. The van der Waals surface area contributed by atoms with Crippen molar-refractivity contribution in [3.05, 3.63) is 59.7 Å². The van der Waals surface area contributed by atoms with Gasteiger partial charge in [0.2, 0.25) is 5.91 Å². The molecule has 0 unspecified atom stereocenters. The number of amides is 1. The third kappa shape index (κ3) is 5.01. The molecule has 0 bridgehead atoms. The number of halogens is 6. The fourth-order valence-electron chi connectivity index (χ4n) is 3.68. The van der Waals surface area contributed by atoms with Crippen molar-refractivity contribution in [2.24, 2.45) is 0 Å². The van der Waals surface area contributed by atoms with E-state index in [-0.39, 0.29) is 26.2 Å². The van der Waals surface area contributed by atoms with E-state index in [9.17, 15) is 39.6 Å². The van der Waals surface area contributed by atoms with Gasteiger partial charge in [-0.15, -0.1) is 0 Å². The third-order valence-corrected chi connectivity index (χ3v) is 8.16. The second kappa shape index (κ2) is 8.79. The van der Waals surface area contributed by atoms with Crippen LogP contribution < -0.4 is 4.90 Å². The van der Waals surface area contributed by atoms with E-state index in [4.69, 9.17) is 0 Å². The van der Waals surface area contributed by atoms with Crippen molar-refractivity contribution in [3.63, 3.8) is 0 Å². The van der Waals surface area contributed by atoms with Gasteiger partial charge in [0.25, 0.3) is 0 Å². The maximum Gasteiger partial charge on any atom is 0.416 e. The molecule has 12 heteroatoms. The Morgan fingerprint density at radius 1 is 0.794 bits per heavy atom. The van der Waals surface area contributed by atoms with Gasteiger partial charge < -0.3 is 9.80 Å². The summed E-state index contributed by atoms with van der Waals surface area (Å²) in [5.41, 5.74) is -1.64. The van der Waals surface area contributed by atoms with E-state index < -0.39 is 48.9 Å². The van der Waals surface area contributed by atoms with Gasteiger partial charge in [0, 0.05) is 31.9 Å². The summed E-state index contributed by atoms with van der Waals surface area (Å²) in [6, 6.07) is 7.94. The predicted octanol–water partition coefficient (Wildman–Crippen LogP) is 4.63. The average molecular weight is 508 g/mol. The standard InChI is InChI=1S/C22H22F6N2O3S/c1-20(2,34(32,33)18-8-4-6-16(14-18)22(26,27)28)19(31)30-11-9-29(10-12-30)17-7-3-5-15(13-17)21(23,24)25/h3-8,13-14H,9-12H2,1-2H3. The van der Waals surface area contributed by atoms with Crippen molar-refractivity contribution in [2.45, 2.75) is 35.8 Å². The molecule has 0 atom stereocenters. The highest BCUT2D eigenvalue weighted by Crippen LogP contribution is 2.35. The van der Waals surface area contributed by atoms with Gasteiger partial charge in [-0.3, -0.25) is 4.79 Å². The molecular weight excluding hydrogens is 486 g/mol. The van der Waals surface area contributed by atoms with Crippen LogP contribution in [0, 0.1) is 0 Å². The van der Waals surface area contributed by atoms with E-state index in [1.165, 1.54) is 17.0 Å². The quantitative estimate of drug-likeness (QED) is 0.566. The smallest absolute Gasteiger partial charge is 0.368 e. The predicted molar refractivity (Wildman–Crippen MR) is 113 cm³/mol. The van der Waals surface area contributed by atoms with Crippen molar-refractivity contribution in [2.75, 3.05) is 31.1 Å². The van der Waals surface area contributed by atoms with Crippen LogP contribution in [0.2, 0.25) is 0 Å². The molecule has 0 N–H and O–H groups in total. The van der Waals surface area contributed by atoms with Crippen LogP contribution in [0.25, 0.3) is 0 Å².